The normalized spacial score (nSPS) is 15.6. The van der Waals surface area contributed by atoms with Crippen LogP contribution in [0.4, 0.5) is 0 Å². The Bertz CT molecular complexity index is 735. The Kier molecular flexibility index (Phi) is 2.86. The van der Waals surface area contributed by atoms with Crippen molar-refractivity contribution < 1.29 is 4.79 Å². The molecule has 2 heterocycles. The lowest BCUT2D eigenvalue weighted by Crippen LogP contribution is -2.29. The summed E-state index contributed by atoms with van der Waals surface area (Å²) >= 11 is 2.08. The molecule has 0 bridgehead atoms. The minimum atomic E-state index is -0.498. The standard InChI is InChI=1S/C13H14IN5O/c1-13(2)4-6-5-16-12(14)17-8(6)10-7(13)9(11(15)20)18-19(10)3/h5H,4H2,1-3H3,(H2,15,20). The fourth-order valence-electron chi connectivity index (χ4n) is 2.89. The van der Waals surface area contributed by atoms with Crippen LogP contribution in [0.5, 0.6) is 0 Å². The molecule has 2 aromatic heterocycles. The molecule has 0 unspecified atom stereocenters. The van der Waals surface area contributed by atoms with Gasteiger partial charge in [0.25, 0.3) is 5.91 Å². The average Bonchev–Trinajstić information content (AvgIpc) is 2.70. The highest BCUT2D eigenvalue weighted by Gasteiger charge is 2.39. The largest absolute Gasteiger partial charge is 0.364 e. The molecule has 0 aromatic carbocycles. The Balaban J connectivity index is 2.40. The summed E-state index contributed by atoms with van der Waals surface area (Å²) in [5.41, 5.74) is 9.26. The van der Waals surface area contributed by atoms with Gasteiger partial charge in [0.05, 0.1) is 11.4 Å². The van der Waals surface area contributed by atoms with Crippen molar-refractivity contribution in [1.29, 1.82) is 0 Å². The molecule has 3 rings (SSSR count). The second-order valence-electron chi connectivity index (χ2n) is 5.63. The molecule has 6 nitrogen and oxygen atoms in total. The molecule has 2 aromatic rings. The van der Waals surface area contributed by atoms with Crippen molar-refractivity contribution in [2.75, 3.05) is 0 Å². The number of carbonyl (C=O) groups excluding carboxylic acids is 1. The van der Waals surface area contributed by atoms with Crippen molar-refractivity contribution in [3.8, 4) is 11.4 Å². The van der Waals surface area contributed by atoms with Crippen LogP contribution in [0.25, 0.3) is 11.4 Å². The Morgan fingerprint density at radius 2 is 2.20 bits per heavy atom. The SMILES string of the molecule is Cn1nc(C(N)=O)c2c1-c1nc(I)ncc1CC2(C)C. The number of amides is 1. The zero-order valence-electron chi connectivity index (χ0n) is 11.4. The van der Waals surface area contributed by atoms with Crippen LogP contribution in [0, 0.1) is 3.83 Å². The summed E-state index contributed by atoms with van der Waals surface area (Å²) in [7, 11) is 1.81. The number of halogens is 1. The molecule has 104 valence electrons. The van der Waals surface area contributed by atoms with Gasteiger partial charge in [0.15, 0.2) is 9.53 Å². The summed E-state index contributed by atoms with van der Waals surface area (Å²) in [5, 5.41) is 4.30. The number of hydrogen-bond donors (Lipinski definition) is 1. The highest BCUT2D eigenvalue weighted by atomic mass is 127. The van der Waals surface area contributed by atoms with E-state index in [0.29, 0.717) is 9.53 Å². The van der Waals surface area contributed by atoms with Crippen LogP contribution in [0.15, 0.2) is 6.20 Å². The molecular formula is C13H14IN5O. The molecule has 0 fully saturated rings. The smallest absolute Gasteiger partial charge is 0.269 e. The number of rotatable bonds is 1. The molecule has 7 heteroatoms. The number of hydrogen-bond acceptors (Lipinski definition) is 4. The maximum Gasteiger partial charge on any atom is 0.269 e. The van der Waals surface area contributed by atoms with Gasteiger partial charge in [0.2, 0.25) is 0 Å². The molecule has 0 saturated carbocycles. The second kappa shape index (κ2) is 4.24. The van der Waals surface area contributed by atoms with E-state index in [1.807, 2.05) is 13.2 Å². The van der Waals surface area contributed by atoms with Crippen LogP contribution in [0.1, 0.15) is 35.5 Å². The molecule has 0 spiro atoms. The van der Waals surface area contributed by atoms with Gasteiger partial charge < -0.3 is 5.73 Å². The Hall–Kier alpha value is -1.51. The van der Waals surface area contributed by atoms with Crippen LogP contribution < -0.4 is 5.73 Å². The Morgan fingerprint density at radius 3 is 2.85 bits per heavy atom. The highest BCUT2D eigenvalue weighted by molar-refractivity contribution is 14.1. The van der Waals surface area contributed by atoms with Gasteiger partial charge in [-0.25, -0.2) is 9.97 Å². The third-order valence-electron chi connectivity index (χ3n) is 3.65. The number of carbonyl (C=O) groups is 1. The summed E-state index contributed by atoms with van der Waals surface area (Å²) < 4.78 is 2.37. The first-order chi connectivity index (χ1) is 9.31. The monoisotopic (exact) mass is 383 g/mol. The van der Waals surface area contributed by atoms with Crippen molar-refractivity contribution in [1.82, 2.24) is 19.7 Å². The van der Waals surface area contributed by atoms with E-state index >= 15 is 0 Å². The Labute approximate surface area is 129 Å². The van der Waals surface area contributed by atoms with Gasteiger partial charge in [-0.15, -0.1) is 0 Å². The summed E-state index contributed by atoms with van der Waals surface area (Å²) in [6.07, 6.45) is 2.62. The lowest BCUT2D eigenvalue weighted by atomic mass is 9.73. The van der Waals surface area contributed by atoms with E-state index in [2.05, 4.69) is 51.5 Å². The van der Waals surface area contributed by atoms with Gasteiger partial charge in [-0.05, 0) is 17.4 Å². The third kappa shape index (κ3) is 1.83. The molecule has 0 atom stereocenters. The van der Waals surface area contributed by atoms with E-state index in [1.165, 1.54) is 0 Å². The molecule has 0 aliphatic heterocycles. The minimum Gasteiger partial charge on any atom is -0.364 e. The fourth-order valence-corrected chi connectivity index (χ4v) is 3.27. The number of nitrogens with two attached hydrogens (primary N) is 1. The van der Waals surface area contributed by atoms with Crippen molar-refractivity contribution in [2.24, 2.45) is 12.8 Å². The fraction of sp³-hybridized carbons (Fsp3) is 0.385. The molecule has 0 saturated heterocycles. The number of aromatic nitrogens is 4. The maximum absolute atomic E-state index is 11.7. The van der Waals surface area contributed by atoms with E-state index in [1.54, 1.807) is 4.68 Å². The van der Waals surface area contributed by atoms with Crippen molar-refractivity contribution in [3.05, 3.63) is 26.8 Å². The average molecular weight is 383 g/mol. The highest BCUT2D eigenvalue weighted by Crippen LogP contribution is 2.43. The van der Waals surface area contributed by atoms with Crippen LogP contribution in [0.2, 0.25) is 0 Å². The predicted octanol–water partition coefficient (Wildman–Crippen LogP) is 1.41. The lowest BCUT2D eigenvalue weighted by molar-refractivity contribution is 0.0992. The van der Waals surface area contributed by atoms with Crippen molar-refractivity contribution >= 4 is 28.5 Å². The summed E-state index contributed by atoms with van der Waals surface area (Å²) in [6.45, 7) is 4.17. The first kappa shape index (κ1) is 13.5. The van der Waals surface area contributed by atoms with Crippen LogP contribution >= 0.6 is 22.6 Å². The van der Waals surface area contributed by atoms with Crippen molar-refractivity contribution in [3.63, 3.8) is 0 Å². The Morgan fingerprint density at radius 1 is 1.50 bits per heavy atom. The van der Waals surface area contributed by atoms with Crippen LogP contribution in [-0.2, 0) is 18.9 Å². The van der Waals surface area contributed by atoms with Gasteiger partial charge >= 0.3 is 0 Å². The van der Waals surface area contributed by atoms with Gasteiger partial charge in [-0.3, -0.25) is 9.48 Å². The number of fused-ring (bicyclic) bond motifs is 3. The van der Waals surface area contributed by atoms with Crippen LogP contribution in [-0.4, -0.2) is 25.7 Å². The van der Waals surface area contributed by atoms with Gasteiger partial charge in [-0.1, -0.05) is 13.8 Å². The predicted molar refractivity (Wildman–Crippen MR) is 82.2 cm³/mol. The quantitative estimate of drug-likeness (QED) is 0.596. The topological polar surface area (TPSA) is 86.7 Å². The summed E-state index contributed by atoms with van der Waals surface area (Å²) in [6, 6.07) is 0. The number of aryl methyl sites for hydroxylation is 1. The molecular weight excluding hydrogens is 369 g/mol. The zero-order valence-corrected chi connectivity index (χ0v) is 13.6. The minimum absolute atomic E-state index is 0.225. The van der Waals surface area contributed by atoms with E-state index < -0.39 is 5.91 Å². The maximum atomic E-state index is 11.7. The number of primary amides is 1. The molecule has 20 heavy (non-hydrogen) atoms. The molecule has 1 aliphatic carbocycles. The summed E-state index contributed by atoms with van der Waals surface area (Å²) in [5.74, 6) is -0.498. The van der Waals surface area contributed by atoms with E-state index in [9.17, 15) is 4.79 Å². The van der Waals surface area contributed by atoms with E-state index in [0.717, 1.165) is 28.9 Å². The van der Waals surface area contributed by atoms with E-state index in [4.69, 9.17) is 5.73 Å². The summed E-state index contributed by atoms with van der Waals surface area (Å²) in [4.78, 5) is 20.4. The molecule has 0 radical (unpaired) electrons. The van der Waals surface area contributed by atoms with Crippen molar-refractivity contribution in [2.45, 2.75) is 25.7 Å². The lowest BCUT2D eigenvalue weighted by Gasteiger charge is -2.31. The third-order valence-corrected chi connectivity index (χ3v) is 4.17. The van der Waals surface area contributed by atoms with E-state index in [-0.39, 0.29) is 5.41 Å². The number of nitrogens with zero attached hydrogens (tertiary/aromatic N) is 4. The second-order valence-corrected chi connectivity index (χ2v) is 6.60. The van der Waals surface area contributed by atoms with Gasteiger partial charge in [0.1, 0.15) is 0 Å². The van der Waals surface area contributed by atoms with Gasteiger partial charge in [-0.2, -0.15) is 5.10 Å². The first-order valence-electron chi connectivity index (χ1n) is 6.20. The van der Waals surface area contributed by atoms with Crippen LogP contribution in [0.3, 0.4) is 0 Å². The molecule has 1 amide bonds. The molecule has 1 aliphatic rings. The van der Waals surface area contributed by atoms with Gasteiger partial charge in [0, 0.05) is 41.4 Å². The zero-order chi connectivity index (χ0) is 14.7. The molecule has 2 N–H and O–H groups in total. The first-order valence-corrected chi connectivity index (χ1v) is 7.28.